The summed E-state index contributed by atoms with van der Waals surface area (Å²) in [5.41, 5.74) is 6.08. The van der Waals surface area contributed by atoms with Crippen molar-refractivity contribution in [2.24, 2.45) is 0 Å². The Labute approximate surface area is 216 Å². The van der Waals surface area contributed by atoms with Gasteiger partial charge in [-0.15, -0.1) is 0 Å². The van der Waals surface area contributed by atoms with Crippen LogP contribution in [0.1, 0.15) is 16.7 Å². The molecule has 0 aliphatic carbocycles. The van der Waals surface area contributed by atoms with Gasteiger partial charge in [0.15, 0.2) is 0 Å². The number of hydrogen-bond donors (Lipinski definition) is 0. The second-order valence-corrected chi connectivity index (χ2v) is 9.44. The molecule has 0 saturated carbocycles. The number of ether oxygens (including phenoxy) is 3. The van der Waals surface area contributed by atoms with E-state index in [9.17, 15) is 0 Å². The molecule has 3 aromatic rings. The molecule has 1 heterocycles. The average Bonchev–Trinajstić information content (AvgIpc) is 2.92. The predicted octanol–water partition coefficient (Wildman–Crippen LogP) is 4.82. The molecule has 0 unspecified atom stereocenters. The molecule has 1 aliphatic heterocycles. The van der Waals surface area contributed by atoms with Crippen LogP contribution in [-0.4, -0.2) is 65.6 Å². The minimum absolute atomic E-state index is 0.630. The van der Waals surface area contributed by atoms with Crippen molar-refractivity contribution in [3.8, 4) is 5.75 Å². The van der Waals surface area contributed by atoms with E-state index in [1.807, 2.05) is 6.07 Å². The summed E-state index contributed by atoms with van der Waals surface area (Å²) in [6.07, 6.45) is 0. The van der Waals surface area contributed by atoms with Crippen molar-refractivity contribution >= 4 is 11.4 Å². The van der Waals surface area contributed by atoms with E-state index in [4.69, 9.17) is 14.2 Å². The van der Waals surface area contributed by atoms with Crippen LogP contribution in [0.3, 0.4) is 0 Å². The quantitative estimate of drug-likeness (QED) is 0.340. The Kier molecular flexibility index (Phi) is 9.61. The number of rotatable bonds is 12. The van der Waals surface area contributed by atoms with Crippen molar-refractivity contribution in [1.29, 1.82) is 0 Å². The van der Waals surface area contributed by atoms with E-state index in [1.54, 1.807) is 7.11 Å². The molecule has 1 fully saturated rings. The summed E-state index contributed by atoms with van der Waals surface area (Å²) in [5.74, 6) is 0.881. The molecule has 1 saturated heterocycles. The summed E-state index contributed by atoms with van der Waals surface area (Å²) in [5, 5.41) is 0. The van der Waals surface area contributed by atoms with E-state index in [2.05, 4.69) is 95.5 Å². The van der Waals surface area contributed by atoms with Gasteiger partial charge in [-0.25, -0.2) is 0 Å². The summed E-state index contributed by atoms with van der Waals surface area (Å²) < 4.78 is 16.8. The molecule has 6 nitrogen and oxygen atoms in total. The first-order valence-corrected chi connectivity index (χ1v) is 12.7. The topological polar surface area (TPSA) is 37.4 Å². The van der Waals surface area contributed by atoms with Gasteiger partial charge in [0.25, 0.3) is 0 Å². The van der Waals surface area contributed by atoms with Gasteiger partial charge >= 0.3 is 0 Å². The van der Waals surface area contributed by atoms with Crippen molar-refractivity contribution in [1.82, 2.24) is 4.90 Å². The van der Waals surface area contributed by atoms with Gasteiger partial charge < -0.3 is 24.0 Å². The highest BCUT2D eigenvalue weighted by Gasteiger charge is 2.12. The number of nitrogens with zero attached hydrogens (tertiary/aromatic N) is 3. The van der Waals surface area contributed by atoms with Gasteiger partial charge in [0.2, 0.25) is 0 Å². The Morgan fingerprint density at radius 1 is 0.806 bits per heavy atom. The van der Waals surface area contributed by atoms with Gasteiger partial charge in [-0.1, -0.05) is 36.4 Å². The van der Waals surface area contributed by atoms with E-state index < -0.39 is 0 Å². The lowest BCUT2D eigenvalue weighted by atomic mass is 10.1. The minimum Gasteiger partial charge on any atom is -0.497 e. The highest BCUT2D eigenvalue weighted by Crippen LogP contribution is 2.24. The SMILES string of the molecule is COc1cccc(CN(Cc2cccc(N(C)C)c2)c2ccc(COCCN3CCOCC3)cc2)c1. The van der Waals surface area contributed by atoms with Crippen LogP contribution in [0.2, 0.25) is 0 Å². The molecule has 4 rings (SSSR count). The molecule has 6 heteroatoms. The molecular formula is C30H39N3O3. The zero-order valence-corrected chi connectivity index (χ0v) is 21.9. The van der Waals surface area contributed by atoms with Crippen LogP contribution < -0.4 is 14.5 Å². The standard InChI is InChI=1S/C30H39N3O3/c1-31(2)29-8-4-6-26(20-29)22-33(23-27-7-5-9-30(21-27)34-3)28-12-10-25(11-13-28)24-36-19-16-32-14-17-35-18-15-32/h4-13,20-21H,14-19,22-24H2,1-3H3. The van der Waals surface area contributed by atoms with E-state index in [1.165, 1.54) is 28.1 Å². The van der Waals surface area contributed by atoms with Gasteiger partial charge in [0.05, 0.1) is 33.5 Å². The Balaban J connectivity index is 1.42. The smallest absolute Gasteiger partial charge is 0.119 e. The zero-order chi connectivity index (χ0) is 25.2. The molecule has 0 amide bonds. The van der Waals surface area contributed by atoms with Crippen molar-refractivity contribution in [2.45, 2.75) is 19.7 Å². The van der Waals surface area contributed by atoms with Gasteiger partial charge in [-0.2, -0.15) is 0 Å². The molecule has 0 N–H and O–H groups in total. The lowest BCUT2D eigenvalue weighted by molar-refractivity contribution is 0.0180. The third kappa shape index (κ3) is 7.72. The van der Waals surface area contributed by atoms with Crippen LogP contribution in [0.25, 0.3) is 0 Å². The largest absolute Gasteiger partial charge is 0.497 e. The second kappa shape index (κ2) is 13.3. The van der Waals surface area contributed by atoms with Crippen molar-refractivity contribution in [2.75, 3.05) is 70.5 Å². The summed E-state index contributed by atoms with van der Waals surface area (Å²) in [6.45, 7) is 7.59. The monoisotopic (exact) mass is 489 g/mol. The summed E-state index contributed by atoms with van der Waals surface area (Å²) in [4.78, 5) is 6.95. The molecule has 192 valence electrons. The molecule has 1 aliphatic rings. The summed E-state index contributed by atoms with van der Waals surface area (Å²) in [7, 11) is 5.87. The first-order chi connectivity index (χ1) is 17.6. The second-order valence-electron chi connectivity index (χ2n) is 9.44. The number of anilines is 2. The first kappa shape index (κ1) is 26.0. The average molecular weight is 490 g/mol. The van der Waals surface area contributed by atoms with Crippen molar-refractivity contribution in [3.05, 3.63) is 89.5 Å². The molecule has 0 radical (unpaired) electrons. The number of methoxy groups -OCH3 is 1. The van der Waals surface area contributed by atoms with Crippen LogP contribution >= 0.6 is 0 Å². The lowest BCUT2D eigenvalue weighted by Crippen LogP contribution is -2.38. The third-order valence-electron chi connectivity index (χ3n) is 6.53. The minimum atomic E-state index is 0.630. The van der Waals surface area contributed by atoms with Crippen LogP contribution in [0.4, 0.5) is 11.4 Å². The van der Waals surface area contributed by atoms with E-state index in [-0.39, 0.29) is 0 Å². The fraction of sp³-hybridized carbons (Fsp3) is 0.400. The van der Waals surface area contributed by atoms with Gasteiger partial charge in [-0.3, -0.25) is 4.90 Å². The fourth-order valence-electron chi connectivity index (χ4n) is 4.39. The fourth-order valence-corrected chi connectivity index (χ4v) is 4.39. The van der Waals surface area contributed by atoms with Crippen LogP contribution in [0.15, 0.2) is 72.8 Å². The third-order valence-corrected chi connectivity index (χ3v) is 6.53. The lowest BCUT2D eigenvalue weighted by Gasteiger charge is -2.27. The van der Waals surface area contributed by atoms with Crippen molar-refractivity contribution in [3.63, 3.8) is 0 Å². The first-order valence-electron chi connectivity index (χ1n) is 12.7. The Morgan fingerprint density at radius 3 is 2.19 bits per heavy atom. The van der Waals surface area contributed by atoms with Crippen LogP contribution in [0.5, 0.6) is 5.75 Å². The van der Waals surface area contributed by atoms with Gasteiger partial charge in [0.1, 0.15) is 5.75 Å². The maximum Gasteiger partial charge on any atom is 0.119 e. The molecular weight excluding hydrogens is 450 g/mol. The summed E-state index contributed by atoms with van der Waals surface area (Å²) in [6, 6.07) is 25.8. The Morgan fingerprint density at radius 2 is 1.50 bits per heavy atom. The van der Waals surface area contributed by atoms with Crippen LogP contribution in [0, 0.1) is 0 Å². The highest BCUT2D eigenvalue weighted by atomic mass is 16.5. The molecule has 0 spiro atoms. The number of morpholine rings is 1. The molecule has 0 atom stereocenters. The highest BCUT2D eigenvalue weighted by molar-refractivity contribution is 5.52. The molecule has 36 heavy (non-hydrogen) atoms. The predicted molar refractivity (Wildman–Crippen MR) is 147 cm³/mol. The maximum atomic E-state index is 5.96. The number of benzene rings is 3. The maximum absolute atomic E-state index is 5.96. The molecule has 0 bridgehead atoms. The molecule has 3 aromatic carbocycles. The summed E-state index contributed by atoms with van der Waals surface area (Å²) >= 11 is 0. The van der Waals surface area contributed by atoms with E-state index >= 15 is 0 Å². The van der Waals surface area contributed by atoms with Crippen molar-refractivity contribution < 1.29 is 14.2 Å². The molecule has 0 aromatic heterocycles. The van der Waals surface area contributed by atoms with E-state index in [0.717, 1.165) is 58.3 Å². The van der Waals surface area contributed by atoms with Crippen LogP contribution in [-0.2, 0) is 29.2 Å². The normalized spacial score (nSPS) is 14.0. The zero-order valence-electron chi connectivity index (χ0n) is 21.9. The van der Waals surface area contributed by atoms with E-state index in [0.29, 0.717) is 6.61 Å². The van der Waals surface area contributed by atoms with Gasteiger partial charge in [-0.05, 0) is 53.1 Å². The van der Waals surface area contributed by atoms with Gasteiger partial charge in [0, 0.05) is 58.2 Å². The Bertz CT molecular complexity index is 1070. The Hall–Kier alpha value is -3.06. The number of hydrogen-bond acceptors (Lipinski definition) is 6.